The van der Waals surface area contributed by atoms with E-state index in [0.717, 1.165) is 16.9 Å². The number of aryl methyl sites for hydroxylation is 1. The van der Waals surface area contributed by atoms with Gasteiger partial charge in [-0.15, -0.1) is 0 Å². The standard InChI is InChI=1S/C15H21N3O2/c1-11-5-3-6-13(9-12(2)17)15(11)20-10-14(19)18-8-4-7-16/h3,5-6,12H,4,8-10,17H2,1-2H3,(H,18,19). The lowest BCUT2D eigenvalue weighted by molar-refractivity contribution is -0.123. The first-order chi connectivity index (χ1) is 9.54. The van der Waals surface area contributed by atoms with Gasteiger partial charge in [0, 0.05) is 12.6 Å². The quantitative estimate of drug-likeness (QED) is 0.734. The number of rotatable bonds is 7. The van der Waals surface area contributed by atoms with E-state index in [1.165, 1.54) is 0 Å². The number of nitrogens with two attached hydrogens (primary N) is 1. The van der Waals surface area contributed by atoms with Gasteiger partial charge in [-0.2, -0.15) is 5.26 Å². The smallest absolute Gasteiger partial charge is 0.257 e. The predicted molar refractivity (Wildman–Crippen MR) is 77.3 cm³/mol. The first kappa shape index (κ1) is 16.0. The van der Waals surface area contributed by atoms with E-state index in [1.807, 2.05) is 38.1 Å². The third kappa shape index (κ3) is 5.29. The van der Waals surface area contributed by atoms with Gasteiger partial charge in [0.2, 0.25) is 0 Å². The van der Waals surface area contributed by atoms with Crippen molar-refractivity contribution in [2.24, 2.45) is 5.73 Å². The molecule has 1 amide bonds. The van der Waals surface area contributed by atoms with E-state index in [9.17, 15) is 4.79 Å². The van der Waals surface area contributed by atoms with Crippen molar-refractivity contribution in [2.75, 3.05) is 13.2 Å². The number of hydrogen-bond donors (Lipinski definition) is 2. The number of hydrogen-bond acceptors (Lipinski definition) is 4. The fraction of sp³-hybridized carbons (Fsp3) is 0.467. The number of amides is 1. The van der Waals surface area contributed by atoms with Crippen molar-refractivity contribution >= 4 is 5.91 Å². The molecule has 0 aliphatic carbocycles. The van der Waals surface area contributed by atoms with Gasteiger partial charge in [0.15, 0.2) is 6.61 Å². The summed E-state index contributed by atoms with van der Waals surface area (Å²) >= 11 is 0. The van der Waals surface area contributed by atoms with Crippen LogP contribution in [0.3, 0.4) is 0 Å². The topological polar surface area (TPSA) is 88.1 Å². The van der Waals surface area contributed by atoms with Crippen LogP contribution in [-0.4, -0.2) is 25.1 Å². The van der Waals surface area contributed by atoms with Crippen LogP contribution in [0.1, 0.15) is 24.5 Å². The van der Waals surface area contributed by atoms with Crippen LogP contribution in [-0.2, 0) is 11.2 Å². The zero-order valence-corrected chi connectivity index (χ0v) is 12.0. The van der Waals surface area contributed by atoms with Gasteiger partial charge in [-0.3, -0.25) is 4.79 Å². The van der Waals surface area contributed by atoms with E-state index in [0.29, 0.717) is 19.4 Å². The number of ether oxygens (including phenoxy) is 1. The fourth-order valence-electron chi connectivity index (χ4n) is 1.87. The maximum Gasteiger partial charge on any atom is 0.257 e. The highest BCUT2D eigenvalue weighted by molar-refractivity contribution is 5.77. The molecule has 0 saturated carbocycles. The van der Waals surface area contributed by atoms with Crippen molar-refractivity contribution < 1.29 is 9.53 Å². The molecule has 20 heavy (non-hydrogen) atoms. The lowest BCUT2D eigenvalue weighted by Crippen LogP contribution is -2.30. The van der Waals surface area contributed by atoms with Gasteiger partial charge in [0.1, 0.15) is 5.75 Å². The molecule has 108 valence electrons. The van der Waals surface area contributed by atoms with Gasteiger partial charge in [-0.25, -0.2) is 0 Å². The minimum atomic E-state index is -0.227. The fourth-order valence-corrected chi connectivity index (χ4v) is 1.87. The van der Waals surface area contributed by atoms with Crippen LogP contribution in [0.5, 0.6) is 5.75 Å². The van der Waals surface area contributed by atoms with Crippen molar-refractivity contribution in [3.8, 4) is 11.8 Å². The van der Waals surface area contributed by atoms with E-state index in [-0.39, 0.29) is 18.6 Å². The second-order valence-electron chi connectivity index (χ2n) is 4.79. The predicted octanol–water partition coefficient (Wildman–Crippen LogP) is 1.29. The maximum atomic E-state index is 11.6. The number of nitriles is 1. The van der Waals surface area contributed by atoms with Crippen LogP contribution in [0.25, 0.3) is 0 Å². The Hall–Kier alpha value is -2.06. The van der Waals surface area contributed by atoms with Crippen molar-refractivity contribution in [1.29, 1.82) is 5.26 Å². The SMILES string of the molecule is Cc1cccc(CC(C)N)c1OCC(=O)NCCC#N. The third-order valence-corrected chi connectivity index (χ3v) is 2.74. The average molecular weight is 275 g/mol. The summed E-state index contributed by atoms with van der Waals surface area (Å²) < 4.78 is 5.61. The molecular weight excluding hydrogens is 254 g/mol. The van der Waals surface area contributed by atoms with Gasteiger partial charge in [-0.05, 0) is 31.4 Å². The Kier molecular flexibility index (Phi) is 6.54. The average Bonchev–Trinajstić information content (AvgIpc) is 2.37. The molecule has 0 bridgehead atoms. The Morgan fingerprint density at radius 3 is 2.95 bits per heavy atom. The van der Waals surface area contributed by atoms with Crippen LogP contribution in [0.15, 0.2) is 18.2 Å². The number of carbonyl (C=O) groups is 1. The number of nitrogens with one attached hydrogen (secondary N) is 1. The summed E-state index contributed by atoms with van der Waals surface area (Å²) in [6.45, 7) is 4.16. The molecule has 0 heterocycles. The summed E-state index contributed by atoms with van der Waals surface area (Å²) in [5.41, 5.74) is 7.80. The van der Waals surface area contributed by atoms with Gasteiger partial charge in [0.05, 0.1) is 12.5 Å². The van der Waals surface area contributed by atoms with Crippen molar-refractivity contribution in [1.82, 2.24) is 5.32 Å². The normalized spacial score (nSPS) is 11.5. The molecule has 1 unspecified atom stereocenters. The Labute approximate surface area is 119 Å². The first-order valence-electron chi connectivity index (χ1n) is 6.65. The molecule has 5 nitrogen and oxygen atoms in total. The Balaban J connectivity index is 2.62. The first-order valence-corrected chi connectivity index (χ1v) is 6.65. The molecule has 0 radical (unpaired) electrons. The van der Waals surface area contributed by atoms with E-state index < -0.39 is 0 Å². The van der Waals surface area contributed by atoms with E-state index in [1.54, 1.807) is 0 Å². The van der Waals surface area contributed by atoms with Crippen LogP contribution < -0.4 is 15.8 Å². The Morgan fingerprint density at radius 1 is 1.55 bits per heavy atom. The zero-order valence-electron chi connectivity index (χ0n) is 12.0. The summed E-state index contributed by atoms with van der Waals surface area (Å²) in [7, 11) is 0. The molecule has 0 spiro atoms. The van der Waals surface area contributed by atoms with Crippen molar-refractivity contribution in [3.63, 3.8) is 0 Å². The number of nitrogens with zero attached hydrogens (tertiary/aromatic N) is 1. The molecule has 0 aliphatic heterocycles. The number of carbonyl (C=O) groups excluding carboxylic acids is 1. The van der Waals surface area contributed by atoms with E-state index >= 15 is 0 Å². The van der Waals surface area contributed by atoms with E-state index in [4.69, 9.17) is 15.7 Å². The third-order valence-electron chi connectivity index (χ3n) is 2.74. The molecular formula is C15H21N3O2. The molecule has 1 aromatic carbocycles. The minimum absolute atomic E-state index is 0.0311. The molecule has 0 saturated heterocycles. The molecule has 0 aromatic heterocycles. The largest absolute Gasteiger partial charge is 0.483 e. The summed E-state index contributed by atoms with van der Waals surface area (Å²) in [6, 6.07) is 7.85. The van der Waals surface area contributed by atoms with Gasteiger partial charge < -0.3 is 15.8 Å². The van der Waals surface area contributed by atoms with Crippen molar-refractivity contribution in [3.05, 3.63) is 29.3 Å². The van der Waals surface area contributed by atoms with E-state index in [2.05, 4.69) is 5.32 Å². The molecule has 1 atom stereocenters. The molecule has 5 heteroatoms. The number of para-hydroxylation sites is 1. The Morgan fingerprint density at radius 2 is 2.30 bits per heavy atom. The van der Waals surface area contributed by atoms with Gasteiger partial charge >= 0.3 is 0 Å². The van der Waals surface area contributed by atoms with Crippen LogP contribution in [0.4, 0.5) is 0 Å². The van der Waals surface area contributed by atoms with Gasteiger partial charge in [0.25, 0.3) is 5.91 Å². The highest BCUT2D eigenvalue weighted by atomic mass is 16.5. The summed E-state index contributed by atoms with van der Waals surface area (Å²) in [5, 5.41) is 11.0. The highest BCUT2D eigenvalue weighted by Crippen LogP contribution is 2.24. The lowest BCUT2D eigenvalue weighted by atomic mass is 10.0. The Bertz CT molecular complexity index is 492. The van der Waals surface area contributed by atoms with Crippen LogP contribution in [0.2, 0.25) is 0 Å². The summed E-state index contributed by atoms with van der Waals surface area (Å²) in [6.07, 6.45) is 0.999. The summed E-state index contributed by atoms with van der Waals surface area (Å²) in [5.74, 6) is 0.496. The summed E-state index contributed by atoms with van der Waals surface area (Å²) in [4.78, 5) is 11.6. The highest BCUT2D eigenvalue weighted by Gasteiger charge is 2.10. The van der Waals surface area contributed by atoms with Crippen LogP contribution in [0, 0.1) is 18.3 Å². The maximum absolute atomic E-state index is 11.6. The van der Waals surface area contributed by atoms with Crippen LogP contribution >= 0.6 is 0 Å². The van der Waals surface area contributed by atoms with Crippen molar-refractivity contribution in [2.45, 2.75) is 32.7 Å². The lowest BCUT2D eigenvalue weighted by Gasteiger charge is -2.15. The molecule has 0 aliphatic rings. The second kappa shape index (κ2) is 8.18. The molecule has 1 aromatic rings. The second-order valence-corrected chi connectivity index (χ2v) is 4.79. The van der Waals surface area contributed by atoms with Gasteiger partial charge in [-0.1, -0.05) is 18.2 Å². The minimum Gasteiger partial charge on any atom is -0.483 e. The molecule has 3 N–H and O–H groups in total. The zero-order chi connectivity index (χ0) is 15.0. The molecule has 1 rings (SSSR count). The number of benzene rings is 1. The molecule has 0 fully saturated rings. The monoisotopic (exact) mass is 275 g/mol.